The van der Waals surface area contributed by atoms with Crippen LogP contribution in [0.25, 0.3) is 0 Å². The molecular weight excluding hydrogens is 226 g/mol. The Morgan fingerprint density at radius 1 is 1.33 bits per heavy atom. The molecule has 0 aliphatic carbocycles. The van der Waals surface area contributed by atoms with Crippen molar-refractivity contribution < 1.29 is 14.3 Å². The lowest BCUT2D eigenvalue weighted by molar-refractivity contribution is -0.137. The summed E-state index contributed by atoms with van der Waals surface area (Å²) >= 11 is 3.07. The van der Waals surface area contributed by atoms with E-state index in [2.05, 4.69) is 26.0 Å². The monoisotopic (exact) mass is 235 g/mol. The molecular formula is C7H10BrNO3. The summed E-state index contributed by atoms with van der Waals surface area (Å²) in [6.45, 7) is 2.96. The number of nitrogens with one attached hydrogen (secondary N) is 1. The van der Waals surface area contributed by atoms with Gasteiger partial charge >= 0.3 is 5.97 Å². The molecule has 0 aliphatic rings. The first-order valence-electron chi connectivity index (χ1n) is 3.21. The van der Waals surface area contributed by atoms with Crippen molar-refractivity contribution in [3.63, 3.8) is 0 Å². The van der Waals surface area contributed by atoms with Crippen LogP contribution in [0.1, 0.15) is 13.8 Å². The molecule has 0 aromatic heterocycles. The molecule has 0 rings (SSSR count). The molecule has 0 unspecified atom stereocenters. The zero-order chi connectivity index (χ0) is 9.72. The van der Waals surface area contributed by atoms with Crippen molar-refractivity contribution in [3.05, 3.63) is 10.2 Å². The van der Waals surface area contributed by atoms with Crippen molar-refractivity contribution in [1.82, 2.24) is 5.32 Å². The number of hydrogen-bond acceptors (Lipinski definition) is 3. The summed E-state index contributed by atoms with van der Waals surface area (Å²) in [6, 6.07) is 0. The fourth-order valence-corrected chi connectivity index (χ4v) is 0.817. The van der Waals surface area contributed by atoms with E-state index in [9.17, 15) is 9.59 Å². The van der Waals surface area contributed by atoms with Gasteiger partial charge in [-0.1, -0.05) is 15.9 Å². The molecule has 0 aromatic carbocycles. The maximum absolute atomic E-state index is 11.0. The molecule has 1 N–H and O–H groups in total. The van der Waals surface area contributed by atoms with Crippen LogP contribution in [0.5, 0.6) is 0 Å². The van der Waals surface area contributed by atoms with Gasteiger partial charge in [0.05, 0.1) is 7.11 Å². The van der Waals surface area contributed by atoms with Gasteiger partial charge in [0.2, 0.25) is 5.91 Å². The van der Waals surface area contributed by atoms with Gasteiger partial charge in [-0.15, -0.1) is 0 Å². The number of halogens is 1. The number of ether oxygens (including phenoxy) is 1. The van der Waals surface area contributed by atoms with Crippen LogP contribution in [0.4, 0.5) is 0 Å². The van der Waals surface area contributed by atoms with Gasteiger partial charge in [0.25, 0.3) is 0 Å². The van der Waals surface area contributed by atoms with E-state index < -0.39 is 5.97 Å². The van der Waals surface area contributed by atoms with Crippen molar-refractivity contribution in [2.45, 2.75) is 13.8 Å². The number of hydrogen-bond donors (Lipinski definition) is 1. The van der Waals surface area contributed by atoms with Crippen molar-refractivity contribution in [2.75, 3.05) is 7.11 Å². The summed E-state index contributed by atoms with van der Waals surface area (Å²) in [5.74, 6) is -0.881. The van der Waals surface area contributed by atoms with Gasteiger partial charge in [0.15, 0.2) is 0 Å². The Bertz CT molecular complexity index is 231. The van der Waals surface area contributed by atoms with E-state index in [0.717, 1.165) is 0 Å². The van der Waals surface area contributed by atoms with E-state index in [0.29, 0.717) is 4.48 Å². The molecule has 0 atom stereocenters. The summed E-state index contributed by atoms with van der Waals surface area (Å²) in [5.41, 5.74) is 0.130. The minimum Gasteiger partial charge on any atom is -0.464 e. The SMILES string of the molecule is COC(=O)C(NC(C)=O)=C(C)Br. The van der Waals surface area contributed by atoms with Gasteiger partial charge in [-0.25, -0.2) is 4.79 Å². The van der Waals surface area contributed by atoms with E-state index in [1.807, 2.05) is 0 Å². The summed E-state index contributed by atoms with van der Waals surface area (Å²) in [4.78, 5) is 21.6. The Kier molecular flexibility index (Phi) is 4.58. The Labute approximate surface area is 79.1 Å². The summed E-state index contributed by atoms with van der Waals surface area (Å²) in [5, 5.41) is 2.35. The molecule has 4 nitrogen and oxygen atoms in total. The number of allylic oxidation sites excluding steroid dienone is 1. The zero-order valence-electron chi connectivity index (χ0n) is 7.10. The van der Waals surface area contributed by atoms with E-state index in [-0.39, 0.29) is 11.6 Å². The highest BCUT2D eigenvalue weighted by Gasteiger charge is 2.12. The molecule has 0 saturated heterocycles. The van der Waals surface area contributed by atoms with Crippen LogP contribution in [-0.4, -0.2) is 19.0 Å². The summed E-state index contributed by atoms with van der Waals surface area (Å²) in [6.07, 6.45) is 0. The number of methoxy groups -OCH3 is 1. The largest absolute Gasteiger partial charge is 0.464 e. The number of rotatable bonds is 2. The predicted octanol–water partition coefficient (Wildman–Crippen LogP) is 0.922. The molecule has 0 bridgehead atoms. The summed E-state index contributed by atoms with van der Waals surface area (Å²) in [7, 11) is 1.25. The fourth-order valence-electron chi connectivity index (χ4n) is 0.556. The molecule has 0 radical (unpaired) electrons. The number of carbonyl (C=O) groups excluding carboxylic acids is 2. The molecule has 0 fully saturated rings. The molecule has 0 saturated carbocycles. The first-order chi connectivity index (χ1) is 5.49. The lowest BCUT2D eigenvalue weighted by Crippen LogP contribution is -2.26. The molecule has 0 heterocycles. The first-order valence-corrected chi connectivity index (χ1v) is 4.00. The second-order valence-corrected chi connectivity index (χ2v) is 3.27. The second-order valence-electron chi connectivity index (χ2n) is 2.08. The van der Waals surface area contributed by atoms with Crippen LogP contribution in [-0.2, 0) is 14.3 Å². The van der Waals surface area contributed by atoms with Crippen molar-refractivity contribution in [2.24, 2.45) is 0 Å². The van der Waals surface area contributed by atoms with E-state index in [1.165, 1.54) is 14.0 Å². The molecule has 0 aromatic rings. The average Bonchev–Trinajstić information content (AvgIpc) is 1.98. The Hall–Kier alpha value is -0.840. The highest BCUT2D eigenvalue weighted by Crippen LogP contribution is 2.09. The molecule has 0 aliphatic heterocycles. The van der Waals surface area contributed by atoms with Crippen LogP contribution in [0.3, 0.4) is 0 Å². The van der Waals surface area contributed by atoms with Gasteiger partial charge in [-0.3, -0.25) is 4.79 Å². The standard InChI is InChI=1S/C7H10BrNO3/c1-4(8)6(7(11)12-3)9-5(2)10/h1-3H3,(H,9,10). The molecule has 12 heavy (non-hydrogen) atoms. The minimum atomic E-state index is -0.570. The Morgan fingerprint density at radius 3 is 2.08 bits per heavy atom. The predicted molar refractivity (Wildman–Crippen MR) is 47.5 cm³/mol. The highest BCUT2D eigenvalue weighted by molar-refractivity contribution is 9.11. The third kappa shape index (κ3) is 3.52. The van der Waals surface area contributed by atoms with Gasteiger partial charge in [-0.2, -0.15) is 0 Å². The van der Waals surface area contributed by atoms with Crippen LogP contribution >= 0.6 is 15.9 Å². The molecule has 1 amide bonds. The quantitative estimate of drug-likeness (QED) is 0.573. The van der Waals surface area contributed by atoms with E-state index in [4.69, 9.17) is 0 Å². The van der Waals surface area contributed by atoms with Crippen LogP contribution < -0.4 is 5.32 Å². The van der Waals surface area contributed by atoms with Crippen molar-refractivity contribution >= 4 is 27.8 Å². The van der Waals surface area contributed by atoms with Crippen LogP contribution in [0, 0.1) is 0 Å². The lowest BCUT2D eigenvalue weighted by Gasteiger charge is -2.05. The maximum Gasteiger partial charge on any atom is 0.355 e. The van der Waals surface area contributed by atoms with Gasteiger partial charge < -0.3 is 10.1 Å². The maximum atomic E-state index is 11.0. The normalized spacial score (nSPS) is 11.7. The lowest BCUT2D eigenvalue weighted by atomic mass is 10.4. The Balaban J connectivity index is 4.58. The van der Waals surface area contributed by atoms with E-state index >= 15 is 0 Å². The average molecular weight is 236 g/mol. The minimum absolute atomic E-state index is 0.130. The number of amides is 1. The van der Waals surface area contributed by atoms with Crippen molar-refractivity contribution in [3.8, 4) is 0 Å². The van der Waals surface area contributed by atoms with Gasteiger partial charge in [-0.05, 0) is 6.92 Å². The Morgan fingerprint density at radius 2 is 1.83 bits per heavy atom. The fraction of sp³-hybridized carbons (Fsp3) is 0.429. The summed E-state index contributed by atoms with van der Waals surface area (Å²) < 4.78 is 4.97. The van der Waals surface area contributed by atoms with Crippen molar-refractivity contribution in [1.29, 1.82) is 0 Å². The third-order valence-corrected chi connectivity index (χ3v) is 1.43. The highest BCUT2D eigenvalue weighted by atomic mass is 79.9. The molecule has 5 heteroatoms. The van der Waals surface area contributed by atoms with Gasteiger partial charge in [0.1, 0.15) is 5.70 Å². The van der Waals surface area contributed by atoms with E-state index in [1.54, 1.807) is 6.92 Å². The van der Waals surface area contributed by atoms with Crippen LogP contribution in [0.2, 0.25) is 0 Å². The first kappa shape index (κ1) is 11.2. The van der Waals surface area contributed by atoms with Crippen LogP contribution in [0.15, 0.2) is 10.2 Å². The molecule has 0 spiro atoms. The smallest absolute Gasteiger partial charge is 0.355 e. The second kappa shape index (κ2) is 4.92. The topological polar surface area (TPSA) is 55.4 Å². The number of carbonyl (C=O) groups is 2. The zero-order valence-corrected chi connectivity index (χ0v) is 8.69. The third-order valence-electron chi connectivity index (χ3n) is 1.04. The molecule has 68 valence electrons. The number of esters is 1. The van der Waals surface area contributed by atoms with Gasteiger partial charge in [0, 0.05) is 11.4 Å².